The maximum absolute atomic E-state index is 12.4. The van der Waals surface area contributed by atoms with Crippen molar-refractivity contribution in [3.63, 3.8) is 0 Å². The summed E-state index contributed by atoms with van der Waals surface area (Å²) in [6, 6.07) is 14.3. The zero-order valence-electron chi connectivity index (χ0n) is 14.7. The number of hydrogen-bond acceptors (Lipinski definition) is 5. The van der Waals surface area contributed by atoms with Crippen LogP contribution >= 0.6 is 22.6 Å². The number of halogens is 1. The molecular weight excluding hydrogens is 459 g/mol. The molecule has 138 valence electrons. The molecule has 0 aliphatic rings. The molecule has 3 aromatic rings. The Morgan fingerprint density at radius 2 is 1.81 bits per heavy atom. The minimum atomic E-state index is -0.496. The minimum Gasteiger partial charge on any atom is -0.507 e. The molecule has 27 heavy (non-hydrogen) atoms. The van der Waals surface area contributed by atoms with Gasteiger partial charge in [0.25, 0.3) is 5.91 Å². The summed E-state index contributed by atoms with van der Waals surface area (Å²) in [6.45, 7) is 0. The number of fused-ring (bicyclic) bond motifs is 1. The van der Waals surface area contributed by atoms with Crippen molar-refractivity contribution in [1.29, 1.82) is 0 Å². The predicted octanol–water partition coefficient (Wildman–Crippen LogP) is 3.93. The summed E-state index contributed by atoms with van der Waals surface area (Å²) >= 11 is 2.13. The Balaban J connectivity index is 1.80. The van der Waals surface area contributed by atoms with Gasteiger partial charge in [-0.1, -0.05) is 24.3 Å². The van der Waals surface area contributed by atoms with Crippen molar-refractivity contribution < 1.29 is 19.4 Å². The maximum atomic E-state index is 12.4. The first-order valence-electron chi connectivity index (χ1n) is 8.00. The SMILES string of the molecule is COc1cc(C=NNC(=O)c2cc3ccccc3cc2O)cc(I)c1OC. The van der Waals surface area contributed by atoms with Crippen LogP contribution in [0.2, 0.25) is 0 Å². The van der Waals surface area contributed by atoms with Gasteiger partial charge in [0.1, 0.15) is 5.75 Å². The molecule has 0 bridgehead atoms. The highest BCUT2D eigenvalue weighted by Crippen LogP contribution is 2.33. The third-order valence-electron chi connectivity index (χ3n) is 3.94. The standard InChI is InChI=1S/C20H17IN2O4/c1-26-18-8-12(7-16(21)19(18)27-2)11-22-23-20(25)15-9-13-5-3-4-6-14(13)10-17(15)24/h3-11,24H,1-2H3,(H,23,25). The molecule has 0 aliphatic carbocycles. The van der Waals surface area contributed by atoms with Gasteiger partial charge in [-0.15, -0.1) is 0 Å². The first kappa shape index (κ1) is 19.0. The van der Waals surface area contributed by atoms with Crippen molar-refractivity contribution in [2.75, 3.05) is 14.2 Å². The fraction of sp³-hybridized carbons (Fsp3) is 0.100. The maximum Gasteiger partial charge on any atom is 0.275 e. The predicted molar refractivity (Wildman–Crippen MR) is 113 cm³/mol. The molecule has 0 unspecified atom stereocenters. The van der Waals surface area contributed by atoms with E-state index in [4.69, 9.17) is 9.47 Å². The van der Waals surface area contributed by atoms with Crippen LogP contribution in [0, 0.1) is 3.57 Å². The molecule has 0 spiro atoms. The fourth-order valence-electron chi connectivity index (χ4n) is 2.65. The van der Waals surface area contributed by atoms with E-state index >= 15 is 0 Å². The number of aromatic hydroxyl groups is 1. The number of ether oxygens (including phenoxy) is 2. The number of carbonyl (C=O) groups is 1. The number of phenolic OH excluding ortho intramolecular Hbond substituents is 1. The van der Waals surface area contributed by atoms with Gasteiger partial charge < -0.3 is 14.6 Å². The lowest BCUT2D eigenvalue weighted by atomic mass is 10.1. The lowest BCUT2D eigenvalue weighted by Gasteiger charge is -2.10. The summed E-state index contributed by atoms with van der Waals surface area (Å²) in [6.07, 6.45) is 1.50. The van der Waals surface area contributed by atoms with Gasteiger partial charge in [-0.2, -0.15) is 5.10 Å². The van der Waals surface area contributed by atoms with Crippen LogP contribution in [0.15, 0.2) is 53.6 Å². The summed E-state index contributed by atoms with van der Waals surface area (Å²) in [5, 5.41) is 15.8. The normalized spacial score (nSPS) is 10.9. The van der Waals surface area contributed by atoms with Crippen molar-refractivity contribution >= 4 is 45.5 Å². The van der Waals surface area contributed by atoms with Gasteiger partial charge in [0.2, 0.25) is 0 Å². The smallest absolute Gasteiger partial charge is 0.275 e. The third kappa shape index (κ3) is 4.13. The highest BCUT2D eigenvalue weighted by molar-refractivity contribution is 14.1. The summed E-state index contributed by atoms with van der Waals surface area (Å²) in [5.74, 6) is 0.622. The highest BCUT2D eigenvalue weighted by atomic mass is 127. The average molecular weight is 476 g/mol. The van der Waals surface area contributed by atoms with Gasteiger partial charge in [-0.3, -0.25) is 4.79 Å². The number of nitrogens with zero attached hydrogens (tertiary/aromatic N) is 1. The number of rotatable bonds is 5. The second-order valence-corrected chi connectivity index (χ2v) is 6.82. The van der Waals surface area contributed by atoms with Crippen LogP contribution in [-0.4, -0.2) is 31.4 Å². The van der Waals surface area contributed by atoms with Gasteiger partial charge in [-0.05, 0) is 63.2 Å². The van der Waals surface area contributed by atoms with Crippen LogP contribution in [0.5, 0.6) is 17.2 Å². The Kier molecular flexibility index (Phi) is 5.80. The van der Waals surface area contributed by atoms with E-state index in [0.717, 1.165) is 19.9 Å². The summed E-state index contributed by atoms with van der Waals surface area (Å²) in [7, 11) is 3.13. The molecule has 6 nitrogen and oxygen atoms in total. The van der Waals surface area contributed by atoms with Crippen LogP contribution in [0.1, 0.15) is 15.9 Å². The molecule has 0 atom stereocenters. The van der Waals surface area contributed by atoms with E-state index in [1.807, 2.05) is 30.3 Å². The quantitative estimate of drug-likeness (QED) is 0.332. The highest BCUT2D eigenvalue weighted by Gasteiger charge is 2.12. The number of hydrogen-bond donors (Lipinski definition) is 2. The van der Waals surface area contributed by atoms with Crippen molar-refractivity contribution in [2.45, 2.75) is 0 Å². The Bertz CT molecular complexity index is 1030. The van der Waals surface area contributed by atoms with E-state index in [0.29, 0.717) is 11.5 Å². The van der Waals surface area contributed by atoms with E-state index in [9.17, 15) is 9.90 Å². The van der Waals surface area contributed by atoms with Crippen LogP contribution in [-0.2, 0) is 0 Å². The Hall–Kier alpha value is -2.81. The Labute approximate surface area is 169 Å². The molecule has 0 radical (unpaired) electrons. The summed E-state index contributed by atoms with van der Waals surface area (Å²) in [4.78, 5) is 12.4. The fourth-order valence-corrected chi connectivity index (χ4v) is 3.49. The van der Waals surface area contributed by atoms with E-state index < -0.39 is 5.91 Å². The monoisotopic (exact) mass is 476 g/mol. The third-order valence-corrected chi connectivity index (χ3v) is 4.75. The summed E-state index contributed by atoms with van der Waals surface area (Å²) < 4.78 is 11.5. The van der Waals surface area contributed by atoms with Crippen molar-refractivity contribution in [2.24, 2.45) is 5.10 Å². The molecule has 0 saturated carbocycles. The molecule has 0 saturated heterocycles. The topological polar surface area (TPSA) is 80.2 Å². The van der Waals surface area contributed by atoms with Gasteiger partial charge in [-0.25, -0.2) is 5.43 Å². The minimum absolute atomic E-state index is 0.0953. The van der Waals surface area contributed by atoms with Crippen molar-refractivity contribution in [3.05, 3.63) is 63.2 Å². The van der Waals surface area contributed by atoms with Crippen LogP contribution in [0.4, 0.5) is 0 Å². The molecule has 2 N–H and O–H groups in total. The summed E-state index contributed by atoms with van der Waals surface area (Å²) in [5.41, 5.74) is 3.33. The van der Waals surface area contributed by atoms with Gasteiger partial charge in [0.15, 0.2) is 11.5 Å². The van der Waals surface area contributed by atoms with Crippen LogP contribution < -0.4 is 14.9 Å². The second-order valence-electron chi connectivity index (χ2n) is 5.65. The van der Waals surface area contributed by atoms with Gasteiger partial charge in [0, 0.05) is 0 Å². The second kappa shape index (κ2) is 8.26. The number of benzene rings is 3. The molecule has 0 heterocycles. The van der Waals surface area contributed by atoms with E-state index in [2.05, 4.69) is 33.1 Å². The number of hydrazone groups is 1. The first-order valence-corrected chi connectivity index (χ1v) is 9.08. The molecule has 3 aromatic carbocycles. The molecule has 7 heteroatoms. The van der Waals surface area contributed by atoms with E-state index in [1.54, 1.807) is 32.4 Å². The van der Waals surface area contributed by atoms with Gasteiger partial charge in [0.05, 0.1) is 29.6 Å². The number of nitrogens with one attached hydrogen (secondary N) is 1. The zero-order chi connectivity index (χ0) is 19.4. The lowest BCUT2D eigenvalue weighted by molar-refractivity contribution is 0.0952. The number of amides is 1. The molecule has 1 amide bonds. The van der Waals surface area contributed by atoms with Crippen molar-refractivity contribution in [3.8, 4) is 17.2 Å². The molecule has 3 rings (SSSR count). The Morgan fingerprint density at radius 3 is 2.48 bits per heavy atom. The van der Waals surface area contributed by atoms with Crippen molar-refractivity contribution in [1.82, 2.24) is 5.43 Å². The first-order chi connectivity index (χ1) is 13.0. The lowest BCUT2D eigenvalue weighted by Crippen LogP contribution is -2.17. The largest absolute Gasteiger partial charge is 0.507 e. The van der Waals surface area contributed by atoms with Crippen LogP contribution in [0.3, 0.4) is 0 Å². The van der Waals surface area contributed by atoms with Gasteiger partial charge >= 0.3 is 0 Å². The van der Waals surface area contributed by atoms with Crippen LogP contribution in [0.25, 0.3) is 10.8 Å². The molecule has 0 fully saturated rings. The zero-order valence-corrected chi connectivity index (χ0v) is 16.9. The van der Waals surface area contributed by atoms with E-state index in [1.165, 1.54) is 6.21 Å². The average Bonchev–Trinajstić information content (AvgIpc) is 2.66. The molecule has 0 aromatic heterocycles. The number of phenols is 1. The molecule has 0 aliphatic heterocycles. The Morgan fingerprint density at radius 1 is 1.11 bits per heavy atom. The molecular formula is C20H17IN2O4. The number of methoxy groups -OCH3 is 2. The number of carbonyl (C=O) groups excluding carboxylic acids is 1. The van der Waals surface area contributed by atoms with E-state index in [-0.39, 0.29) is 11.3 Å².